The van der Waals surface area contributed by atoms with Crippen molar-refractivity contribution < 1.29 is 0 Å². The van der Waals surface area contributed by atoms with Gasteiger partial charge in [0.05, 0.1) is 11.6 Å². The number of hydrogen-bond donors (Lipinski definition) is 1. The number of anilines is 1. The summed E-state index contributed by atoms with van der Waals surface area (Å²) in [6, 6.07) is 6.15. The number of pyridine rings is 1. The van der Waals surface area contributed by atoms with Gasteiger partial charge in [0.2, 0.25) is 0 Å². The Hall–Kier alpha value is -1.60. The first-order valence-corrected chi connectivity index (χ1v) is 5.15. The second kappa shape index (κ2) is 4.28. The third-order valence-electron chi connectivity index (χ3n) is 2.67. The van der Waals surface area contributed by atoms with Gasteiger partial charge in [-0.25, -0.2) is 4.98 Å². The number of aromatic nitrogens is 1. The van der Waals surface area contributed by atoms with E-state index in [1.54, 1.807) is 12.3 Å². The summed E-state index contributed by atoms with van der Waals surface area (Å²) >= 11 is 0. The average Bonchev–Trinajstić information content (AvgIpc) is 2.30. The minimum atomic E-state index is 0.431. The summed E-state index contributed by atoms with van der Waals surface area (Å²) in [5.41, 5.74) is 0.672. The molecule has 1 atom stereocenters. The van der Waals surface area contributed by atoms with E-state index in [1.807, 2.05) is 6.07 Å². The van der Waals surface area contributed by atoms with Crippen LogP contribution in [0.15, 0.2) is 18.3 Å². The SMILES string of the molecule is CC1CNCCN1c1cc(C#N)ccn1. The van der Waals surface area contributed by atoms with Crippen molar-refractivity contribution >= 4 is 5.82 Å². The Bertz CT molecular complexity index is 382. The number of nitrogens with one attached hydrogen (secondary N) is 1. The molecule has 1 aromatic rings. The third kappa shape index (κ3) is 2.08. The normalized spacial score (nSPS) is 21.1. The molecule has 1 fully saturated rings. The smallest absolute Gasteiger partial charge is 0.130 e. The lowest BCUT2D eigenvalue weighted by molar-refractivity contribution is 0.497. The van der Waals surface area contributed by atoms with E-state index in [2.05, 4.69) is 28.2 Å². The van der Waals surface area contributed by atoms with Crippen LogP contribution in [0.1, 0.15) is 12.5 Å². The minimum absolute atomic E-state index is 0.431. The molecule has 4 heteroatoms. The van der Waals surface area contributed by atoms with E-state index in [4.69, 9.17) is 5.26 Å². The Morgan fingerprint density at radius 3 is 3.27 bits per heavy atom. The van der Waals surface area contributed by atoms with Crippen molar-refractivity contribution in [2.45, 2.75) is 13.0 Å². The van der Waals surface area contributed by atoms with E-state index in [0.717, 1.165) is 25.5 Å². The van der Waals surface area contributed by atoms with Gasteiger partial charge in [-0.05, 0) is 19.1 Å². The molecule has 78 valence electrons. The maximum atomic E-state index is 8.82. The largest absolute Gasteiger partial charge is 0.351 e. The lowest BCUT2D eigenvalue weighted by Gasteiger charge is -2.34. The molecule has 1 N–H and O–H groups in total. The van der Waals surface area contributed by atoms with E-state index in [0.29, 0.717) is 11.6 Å². The van der Waals surface area contributed by atoms with Crippen molar-refractivity contribution in [3.8, 4) is 6.07 Å². The van der Waals surface area contributed by atoms with Crippen LogP contribution in [0, 0.1) is 11.3 Å². The Morgan fingerprint density at radius 2 is 2.53 bits per heavy atom. The van der Waals surface area contributed by atoms with Crippen LogP contribution in [0.5, 0.6) is 0 Å². The fraction of sp³-hybridized carbons (Fsp3) is 0.455. The molecule has 1 aliphatic heterocycles. The van der Waals surface area contributed by atoms with E-state index < -0.39 is 0 Å². The molecule has 0 radical (unpaired) electrons. The Balaban J connectivity index is 2.24. The molecule has 1 aliphatic rings. The van der Waals surface area contributed by atoms with Gasteiger partial charge in [-0.2, -0.15) is 5.26 Å². The fourth-order valence-corrected chi connectivity index (χ4v) is 1.83. The first kappa shape index (κ1) is 9.94. The molecule has 0 amide bonds. The minimum Gasteiger partial charge on any atom is -0.351 e. The molecule has 0 spiro atoms. The summed E-state index contributed by atoms with van der Waals surface area (Å²) in [5.74, 6) is 0.906. The van der Waals surface area contributed by atoms with Gasteiger partial charge in [0.1, 0.15) is 5.82 Å². The monoisotopic (exact) mass is 202 g/mol. The van der Waals surface area contributed by atoms with Gasteiger partial charge in [0.15, 0.2) is 0 Å². The number of nitrogens with zero attached hydrogens (tertiary/aromatic N) is 3. The van der Waals surface area contributed by atoms with Gasteiger partial charge in [-0.15, -0.1) is 0 Å². The van der Waals surface area contributed by atoms with Crippen molar-refractivity contribution in [3.05, 3.63) is 23.9 Å². The molecule has 4 nitrogen and oxygen atoms in total. The number of nitriles is 1. The maximum Gasteiger partial charge on any atom is 0.130 e. The van der Waals surface area contributed by atoms with Crippen LogP contribution >= 0.6 is 0 Å². The molecule has 0 saturated carbocycles. The predicted octanol–water partition coefficient (Wildman–Crippen LogP) is 0.751. The van der Waals surface area contributed by atoms with Crippen molar-refractivity contribution in [2.75, 3.05) is 24.5 Å². The Kier molecular flexibility index (Phi) is 2.84. The second-order valence-corrected chi connectivity index (χ2v) is 3.76. The third-order valence-corrected chi connectivity index (χ3v) is 2.67. The summed E-state index contributed by atoms with van der Waals surface area (Å²) in [4.78, 5) is 6.54. The van der Waals surface area contributed by atoms with E-state index in [9.17, 15) is 0 Å². The zero-order chi connectivity index (χ0) is 10.7. The van der Waals surface area contributed by atoms with Gasteiger partial charge in [-0.3, -0.25) is 0 Å². The van der Waals surface area contributed by atoms with Crippen LogP contribution in [-0.2, 0) is 0 Å². The van der Waals surface area contributed by atoms with E-state index in [-0.39, 0.29) is 0 Å². The number of rotatable bonds is 1. The summed E-state index contributed by atoms with van der Waals surface area (Å²) < 4.78 is 0. The first-order chi connectivity index (χ1) is 7.31. The van der Waals surface area contributed by atoms with Crippen LogP contribution in [0.3, 0.4) is 0 Å². The standard InChI is InChI=1S/C11H14N4/c1-9-8-13-4-5-15(9)11-6-10(7-12)2-3-14-11/h2-3,6,9,13H,4-5,8H2,1H3. The van der Waals surface area contributed by atoms with Gasteiger partial charge in [0, 0.05) is 31.9 Å². The molecule has 2 rings (SSSR count). The molecule has 15 heavy (non-hydrogen) atoms. The van der Waals surface area contributed by atoms with Crippen LogP contribution in [0.25, 0.3) is 0 Å². The van der Waals surface area contributed by atoms with Gasteiger partial charge < -0.3 is 10.2 Å². The quantitative estimate of drug-likeness (QED) is 0.730. The maximum absolute atomic E-state index is 8.82. The highest BCUT2D eigenvalue weighted by atomic mass is 15.3. The second-order valence-electron chi connectivity index (χ2n) is 3.76. The first-order valence-electron chi connectivity index (χ1n) is 5.15. The molecular weight excluding hydrogens is 188 g/mol. The summed E-state index contributed by atoms with van der Waals surface area (Å²) in [6.45, 7) is 5.05. The van der Waals surface area contributed by atoms with Gasteiger partial charge in [0.25, 0.3) is 0 Å². The lowest BCUT2D eigenvalue weighted by Crippen LogP contribution is -2.50. The van der Waals surface area contributed by atoms with Crippen LogP contribution in [0.4, 0.5) is 5.82 Å². The van der Waals surface area contributed by atoms with E-state index >= 15 is 0 Å². The highest BCUT2D eigenvalue weighted by Crippen LogP contribution is 2.16. The number of piperazine rings is 1. The highest BCUT2D eigenvalue weighted by Gasteiger charge is 2.19. The molecule has 2 heterocycles. The van der Waals surface area contributed by atoms with Crippen molar-refractivity contribution in [1.82, 2.24) is 10.3 Å². The molecular formula is C11H14N4. The predicted molar refractivity (Wildman–Crippen MR) is 58.6 cm³/mol. The van der Waals surface area contributed by atoms with Gasteiger partial charge >= 0.3 is 0 Å². The van der Waals surface area contributed by atoms with Crippen molar-refractivity contribution in [2.24, 2.45) is 0 Å². The molecule has 1 saturated heterocycles. The van der Waals surface area contributed by atoms with Crippen molar-refractivity contribution in [3.63, 3.8) is 0 Å². The molecule has 1 unspecified atom stereocenters. The number of hydrogen-bond acceptors (Lipinski definition) is 4. The van der Waals surface area contributed by atoms with Crippen LogP contribution < -0.4 is 10.2 Å². The zero-order valence-corrected chi connectivity index (χ0v) is 8.77. The van der Waals surface area contributed by atoms with Crippen molar-refractivity contribution in [1.29, 1.82) is 5.26 Å². The summed E-state index contributed by atoms with van der Waals surface area (Å²) in [5, 5.41) is 12.1. The molecule has 1 aromatic heterocycles. The highest BCUT2D eigenvalue weighted by molar-refractivity contribution is 5.46. The molecule has 0 aliphatic carbocycles. The Morgan fingerprint density at radius 1 is 1.67 bits per heavy atom. The van der Waals surface area contributed by atoms with Gasteiger partial charge in [-0.1, -0.05) is 0 Å². The fourth-order valence-electron chi connectivity index (χ4n) is 1.83. The molecule has 0 aromatic carbocycles. The van der Waals surface area contributed by atoms with Crippen LogP contribution in [0.2, 0.25) is 0 Å². The lowest BCUT2D eigenvalue weighted by atomic mass is 10.2. The van der Waals surface area contributed by atoms with Crippen LogP contribution in [-0.4, -0.2) is 30.7 Å². The topological polar surface area (TPSA) is 52.0 Å². The summed E-state index contributed by atoms with van der Waals surface area (Å²) in [7, 11) is 0. The average molecular weight is 202 g/mol. The van der Waals surface area contributed by atoms with E-state index in [1.165, 1.54) is 0 Å². The zero-order valence-electron chi connectivity index (χ0n) is 8.77. The summed E-state index contributed by atoms with van der Waals surface area (Å²) in [6.07, 6.45) is 1.70. The molecule has 0 bridgehead atoms. The Labute approximate surface area is 89.5 Å².